The van der Waals surface area contributed by atoms with E-state index in [9.17, 15) is 4.79 Å². The van der Waals surface area contributed by atoms with Gasteiger partial charge in [0.2, 0.25) is 5.91 Å². The molecule has 1 aromatic carbocycles. The molecule has 3 rings (SSSR count). The third-order valence-electron chi connectivity index (χ3n) is 4.08. The molecule has 1 aromatic rings. The molecule has 0 aromatic heterocycles. The van der Waals surface area contributed by atoms with E-state index in [1.807, 2.05) is 36.1 Å². The first-order valence-corrected chi connectivity index (χ1v) is 6.99. The average Bonchev–Trinajstić information content (AvgIpc) is 3.01. The van der Waals surface area contributed by atoms with Crippen molar-refractivity contribution >= 4 is 27.5 Å². The van der Waals surface area contributed by atoms with E-state index < -0.39 is 0 Å². The smallest absolute Gasteiger partial charge is 0.248 e. The minimum absolute atomic E-state index is 0.0513. The summed E-state index contributed by atoms with van der Waals surface area (Å²) in [5, 5.41) is 0. The van der Waals surface area contributed by atoms with Gasteiger partial charge in [0.15, 0.2) is 0 Å². The van der Waals surface area contributed by atoms with Crippen molar-refractivity contribution in [2.75, 3.05) is 18.0 Å². The molecule has 0 bridgehead atoms. The monoisotopic (exact) mass is 308 g/mol. The fourth-order valence-electron chi connectivity index (χ4n) is 3.00. The second kappa shape index (κ2) is 3.58. The maximum atomic E-state index is 12.5. The van der Waals surface area contributed by atoms with Crippen LogP contribution in [0, 0.1) is 0 Å². The van der Waals surface area contributed by atoms with Crippen LogP contribution in [-0.2, 0) is 4.79 Å². The van der Waals surface area contributed by atoms with E-state index in [2.05, 4.69) is 34.7 Å². The van der Waals surface area contributed by atoms with Crippen molar-refractivity contribution in [2.45, 2.75) is 31.8 Å². The van der Waals surface area contributed by atoms with Crippen LogP contribution in [0.5, 0.6) is 0 Å². The molecule has 0 radical (unpaired) electrons. The molecule has 2 aliphatic rings. The molecule has 2 aliphatic heterocycles. The summed E-state index contributed by atoms with van der Waals surface area (Å²) in [7, 11) is 0. The lowest BCUT2D eigenvalue weighted by Crippen LogP contribution is -2.58. The zero-order valence-corrected chi connectivity index (χ0v) is 12.5. The molecule has 18 heavy (non-hydrogen) atoms. The number of rotatable bonds is 1. The predicted molar refractivity (Wildman–Crippen MR) is 75.7 cm³/mol. The van der Waals surface area contributed by atoms with Crippen molar-refractivity contribution in [3.8, 4) is 0 Å². The van der Waals surface area contributed by atoms with Crippen LogP contribution in [0.2, 0.25) is 0 Å². The number of fused-ring (bicyclic) bond motifs is 1. The van der Waals surface area contributed by atoms with Gasteiger partial charge in [-0.1, -0.05) is 15.9 Å². The molecular weight excluding hydrogens is 292 g/mol. The Kier molecular flexibility index (Phi) is 2.42. The number of amides is 1. The van der Waals surface area contributed by atoms with Crippen LogP contribution in [0.25, 0.3) is 0 Å². The van der Waals surface area contributed by atoms with Crippen molar-refractivity contribution in [3.63, 3.8) is 0 Å². The van der Waals surface area contributed by atoms with Gasteiger partial charge in [-0.2, -0.15) is 0 Å². The maximum Gasteiger partial charge on any atom is 0.248 e. The molecule has 1 unspecified atom stereocenters. The van der Waals surface area contributed by atoms with Crippen LogP contribution >= 0.6 is 15.9 Å². The van der Waals surface area contributed by atoms with Gasteiger partial charge in [-0.15, -0.1) is 0 Å². The number of nitrogens with zero attached hydrogens (tertiary/aromatic N) is 2. The van der Waals surface area contributed by atoms with Crippen LogP contribution in [0.3, 0.4) is 0 Å². The Morgan fingerprint density at radius 2 is 1.72 bits per heavy atom. The Balaban J connectivity index is 1.97. The van der Waals surface area contributed by atoms with Gasteiger partial charge in [0.25, 0.3) is 0 Å². The highest BCUT2D eigenvalue weighted by Gasteiger charge is 2.64. The minimum Gasteiger partial charge on any atom is -0.309 e. The molecule has 0 N–H and O–H groups in total. The van der Waals surface area contributed by atoms with Crippen molar-refractivity contribution in [2.24, 2.45) is 0 Å². The normalized spacial score (nSPS) is 33.2. The number of hydrogen-bond acceptors (Lipinski definition) is 2. The molecule has 3 nitrogen and oxygen atoms in total. The van der Waals surface area contributed by atoms with E-state index in [4.69, 9.17) is 0 Å². The summed E-state index contributed by atoms with van der Waals surface area (Å²) >= 11 is 3.43. The fraction of sp³-hybridized carbons (Fsp3) is 0.500. The van der Waals surface area contributed by atoms with E-state index in [1.165, 1.54) is 0 Å². The van der Waals surface area contributed by atoms with Gasteiger partial charge >= 0.3 is 0 Å². The van der Waals surface area contributed by atoms with Crippen LogP contribution in [0.15, 0.2) is 28.7 Å². The van der Waals surface area contributed by atoms with Gasteiger partial charge < -0.3 is 4.90 Å². The largest absolute Gasteiger partial charge is 0.309 e. The number of carbonyl (C=O) groups excluding carboxylic acids is 1. The van der Waals surface area contributed by atoms with Crippen molar-refractivity contribution in [1.29, 1.82) is 0 Å². The Labute approximate surface area is 116 Å². The number of hydrogen-bond donors (Lipinski definition) is 0. The Hall–Kier alpha value is -0.870. The van der Waals surface area contributed by atoms with Crippen molar-refractivity contribution < 1.29 is 4.79 Å². The summed E-state index contributed by atoms with van der Waals surface area (Å²) in [6.07, 6.45) is 0. The Morgan fingerprint density at radius 1 is 1.11 bits per heavy atom. The molecular formula is C14H17BrN2O. The lowest BCUT2D eigenvalue weighted by molar-refractivity contribution is -0.124. The van der Waals surface area contributed by atoms with Gasteiger partial charge in [0.05, 0.1) is 0 Å². The number of benzene rings is 1. The molecule has 1 amide bonds. The lowest BCUT2D eigenvalue weighted by Gasteiger charge is -2.41. The van der Waals surface area contributed by atoms with E-state index in [0.717, 1.165) is 23.2 Å². The van der Waals surface area contributed by atoms with Crippen LogP contribution in [-0.4, -0.2) is 35.0 Å². The highest BCUT2D eigenvalue weighted by atomic mass is 79.9. The van der Waals surface area contributed by atoms with Gasteiger partial charge in [-0.25, -0.2) is 0 Å². The topological polar surface area (TPSA) is 23.3 Å². The van der Waals surface area contributed by atoms with Crippen LogP contribution in [0.4, 0.5) is 5.69 Å². The van der Waals surface area contributed by atoms with Gasteiger partial charge in [0.1, 0.15) is 5.54 Å². The summed E-state index contributed by atoms with van der Waals surface area (Å²) in [5.41, 5.74) is 0.758. The van der Waals surface area contributed by atoms with Crippen LogP contribution < -0.4 is 4.90 Å². The molecule has 0 saturated carbocycles. The quantitative estimate of drug-likeness (QED) is 0.745. The molecule has 2 fully saturated rings. The fourth-order valence-corrected chi connectivity index (χ4v) is 3.27. The molecule has 2 saturated heterocycles. The summed E-state index contributed by atoms with van der Waals surface area (Å²) in [6.45, 7) is 8.09. The zero-order chi connectivity index (χ0) is 13.1. The Bertz CT molecular complexity index is 511. The number of piperazine rings is 1. The third kappa shape index (κ3) is 1.62. The van der Waals surface area contributed by atoms with E-state index >= 15 is 0 Å². The minimum atomic E-state index is -0.283. The zero-order valence-electron chi connectivity index (χ0n) is 10.9. The lowest BCUT2D eigenvalue weighted by atomic mass is 9.97. The molecule has 0 aliphatic carbocycles. The second-order valence-electron chi connectivity index (χ2n) is 6.04. The van der Waals surface area contributed by atoms with Crippen LogP contribution in [0.1, 0.15) is 20.8 Å². The first-order chi connectivity index (χ1) is 8.34. The SMILES string of the molecule is CC1(C)CN(c2ccc(Br)cc2)C(=O)[C@]2(C)CN12. The molecule has 0 spiro atoms. The average molecular weight is 309 g/mol. The second-order valence-corrected chi connectivity index (χ2v) is 6.96. The molecule has 96 valence electrons. The van der Waals surface area contributed by atoms with Gasteiger partial charge in [-0.05, 0) is 45.0 Å². The highest BCUT2D eigenvalue weighted by molar-refractivity contribution is 9.10. The first kappa shape index (κ1) is 12.2. The summed E-state index contributed by atoms with van der Waals surface area (Å²) in [5.74, 6) is 0.226. The third-order valence-corrected chi connectivity index (χ3v) is 4.61. The molecule has 4 heteroatoms. The molecule has 2 heterocycles. The van der Waals surface area contributed by atoms with E-state index in [-0.39, 0.29) is 17.0 Å². The van der Waals surface area contributed by atoms with Crippen molar-refractivity contribution in [3.05, 3.63) is 28.7 Å². The Morgan fingerprint density at radius 3 is 2.33 bits per heavy atom. The van der Waals surface area contributed by atoms with Gasteiger partial charge in [0, 0.05) is 28.8 Å². The number of halogens is 1. The highest BCUT2D eigenvalue weighted by Crippen LogP contribution is 2.46. The predicted octanol–water partition coefficient (Wildman–Crippen LogP) is 2.65. The summed E-state index contributed by atoms with van der Waals surface area (Å²) in [6, 6.07) is 7.97. The number of carbonyl (C=O) groups is 1. The van der Waals surface area contributed by atoms with E-state index in [0.29, 0.717) is 0 Å². The number of anilines is 1. The van der Waals surface area contributed by atoms with E-state index in [1.54, 1.807) is 0 Å². The standard InChI is InChI=1S/C14H17BrN2O/c1-13(2)8-16(11-6-4-10(15)5-7-11)12(18)14(3)9-17(13)14/h4-7H,8-9H2,1-3H3/t14-,17?/m0/s1. The summed E-state index contributed by atoms with van der Waals surface area (Å²) < 4.78 is 1.04. The molecule has 2 atom stereocenters. The first-order valence-electron chi connectivity index (χ1n) is 6.20. The van der Waals surface area contributed by atoms with Gasteiger partial charge in [-0.3, -0.25) is 9.69 Å². The maximum absolute atomic E-state index is 12.5. The summed E-state index contributed by atoms with van der Waals surface area (Å²) in [4.78, 5) is 16.8. The van der Waals surface area contributed by atoms with Crippen molar-refractivity contribution in [1.82, 2.24) is 4.90 Å².